The van der Waals surface area contributed by atoms with Crippen LogP contribution in [-0.4, -0.2) is 11.1 Å². The maximum Gasteiger partial charge on any atom is 0.0425 e. The molecule has 3 unspecified atom stereocenters. The van der Waals surface area contributed by atoms with E-state index in [4.69, 9.17) is 22.9 Å². The predicted molar refractivity (Wildman–Crippen MR) is 75.1 cm³/mol. The highest BCUT2D eigenvalue weighted by molar-refractivity contribution is 5.33. The average Bonchev–Trinajstić information content (AvgIpc) is 2.29. The van der Waals surface area contributed by atoms with Crippen LogP contribution in [0, 0.1) is 5.92 Å². The summed E-state index contributed by atoms with van der Waals surface area (Å²) in [5.74, 6) is 0.166. The predicted octanol–water partition coefficient (Wildman–Crippen LogP) is 0.623. The summed E-state index contributed by atoms with van der Waals surface area (Å²) in [4.78, 5) is 0. The summed E-state index contributed by atoms with van der Waals surface area (Å²) in [6.45, 7) is 2.07. The number of hydrogen-bond donors (Lipinski definition) is 4. The highest BCUT2D eigenvalue weighted by Gasteiger charge is 2.37. The van der Waals surface area contributed by atoms with Crippen molar-refractivity contribution in [3.8, 4) is 0 Å². The molecular formula is C14H22N4. The van der Waals surface area contributed by atoms with Crippen LogP contribution in [0.5, 0.6) is 0 Å². The molecule has 4 nitrogen and oxygen atoms in total. The largest absolute Gasteiger partial charge is 0.399 e. The molecule has 0 radical (unpaired) electrons. The van der Waals surface area contributed by atoms with E-state index in [9.17, 15) is 0 Å². The van der Waals surface area contributed by atoms with Crippen molar-refractivity contribution in [2.24, 2.45) is 28.9 Å². The lowest BCUT2D eigenvalue weighted by Crippen LogP contribution is -2.54. The molecule has 0 saturated heterocycles. The molecule has 0 aromatic rings. The van der Waals surface area contributed by atoms with Gasteiger partial charge in [0.05, 0.1) is 0 Å². The third-order valence-electron chi connectivity index (χ3n) is 3.84. The molecule has 0 heterocycles. The molecule has 8 N–H and O–H groups in total. The third-order valence-corrected chi connectivity index (χ3v) is 3.84. The van der Waals surface area contributed by atoms with Gasteiger partial charge >= 0.3 is 0 Å². The summed E-state index contributed by atoms with van der Waals surface area (Å²) in [6.07, 6.45) is 13.0. The SMILES string of the molecule is CC1C=C(N)C=CC1(N)CC1(N)C=CC(N)=CC1. The van der Waals surface area contributed by atoms with Gasteiger partial charge in [0.2, 0.25) is 0 Å². The van der Waals surface area contributed by atoms with Crippen LogP contribution in [0.2, 0.25) is 0 Å². The van der Waals surface area contributed by atoms with Crippen LogP contribution in [-0.2, 0) is 0 Å². The van der Waals surface area contributed by atoms with Crippen LogP contribution in [0.1, 0.15) is 19.8 Å². The van der Waals surface area contributed by atoms with Crippen LogP contribution < -0.4 is 22.9 Å². The Morgan fingerprint density at radius 2 is 1.83 bits per heavy atom. The van der Waals surface area contributed by atoms with Crippen molar-refractivity contribution in [1.29, 1.82) is 0 Å². The van der Waals surface area contributed by atoms with Gasteiger partial charge in [-0.05, 0) is 30.9 Å². The third kappa shape index (κ3) is 2.49. The summed E-state index contributed by atoms with van der Waals surface area (Å²) in [6, 6.07) is 0. The summed E-state index contributed by atoms with van der Waals surface area (Å²) < 4.78 is 0. The first kappa shape index (κ1) is 12.9. The lowest BCUT2D eigenvalue weighted by molar-refractivity contribution is 0.312. The van der Waals surface area contributed by atoms with Gasteiger partial charge in [-0.3, -0.25) is 0 Å². The molecule has 2 aliphatic carbocycles. The molecule has 0 aromatic carbocycles. The van der Waals surface area contributed by atoms with Crippen LogP contribution in [0.4, 0.5) is 0 Å². The molecule has 0 aliphatic heterocycles. The monoisotopic (exact) mass is 246 g/mol. The number of hydrogen-bond acceptors (Lipinski definition) is 4. The Hall–Kier alpha value is -1.52. The minimum atomic E-state index is -0.456. The molecule has 4 heteroatoms. The Morgan fingerprint density at radius 1 is 1.17 bits per heavy atom. The summed E-state index contributed by atoms with van der Waals surface area (Å²) in [5, 5.41) is 0. The lowest BCUT2D eigenvalue weighted by atomic mass is 9.71. The van der Waals surface area contributed by atoms with Crippen LogP contribution in [0.25, 0.3) is 0 Å². The zero-order valence-corrected chi connectivity index (χ0v) is 10.8. The summed E-state index contributed by atoms with van der Waals surface area (Å²) in [7, 11) is 0. The fourth-order valence-electron chi connectivity index (χ4n) is 2.53. The molecule has 3 atom stereocenters. The first-order valence-corrected chi connectivity index (χ1v) is 6.22. The van der Waals surface area contributed by atoms with E-state index in [0.717, 1.165) is 11.4 Å². The van der Waals surface area contributed by atoms with Gasteiger partial charge in [0.25, 0.3) is 0 Å². The minimum absolute atomic E-state index is 0.166. The van der Waals surface area contributed by atoms with E-state index in [1.54, 1.807) is 0 Å². The van der Waals surface area contributed by atoms with Crippen molar-refractivity contribution in [2.75, 3.05) is 0 Å². The highest BCUT2D eigenvalue weighted by Crippen LogP contribution is 2.33. The number of allylic oxidation sites excluding steroid dienone is 2. The van der Waals surface area contributed by atoms with Crippen molar-refractivity contribution < 1.29 is 0 Å². The molecule has 0 spiro atoms. The second-order valence-electron chi connectivity index (χ2n) is 5.55. The van der Waals surface area contributed by atoms with Crippen LogP contribution in [0.3, 0.4) is 0 Å². The van der Waals surface area contributed by atoms with E-state index < -0.39 is 11.1 Å². The van der Waals surface area contributed by atoms with Crippen molar-refractivity contribution in [3.05, 3.63) is 47.9 Å². The Bertz CT molecular complexity index is 460. The number of rotatable bonds is 2. The van der Waals surface area contributed by atoms with Gasteiger partial charge < -0.3 is 22.9 Å². The molecule has 0 aromatic heterocycles. The lowest BCUT2D eigenvalue weighted by Gasteiger charge is -2.40. The molecule has 2 aliphatic rings. The first-order chi connectivity index (χ1) is 8.33. The zero-order chi connectivity index (χ0) is 13.4. The molecule has 2 rings (SSSR count). The van der Waals surface area contributed by atoms with E-state index in [2.05, 4.69) is 6.92 Å². The fraction of sp³-hybridized carbons (Fsp3) is 0.429. The van der Waals surface area contributed by atoms with E-state index in [1.807, 2.05) is 36.5 Å². The van der Waals surface area contributed by atoms with E-state index in [-0.39, 0.29) is 5.92 Å². The first-order valence-electron chi connectivity index (χ1n) is 6.22. The summed E-state index contributed by atoms with van der Waals surface area (Å²) in [5.41, 5.74) is 25.0. The molecule has 98 valence electrons. The van der Waals surface area contributed by atoms with Gasteiger partial charge in [0.15, 0.2) is 0 Å². The Balaban J connectivity index is 2.15. The normalized spacial score (nSPS) is 39.4. The molecular weight excluding hydrogens is 224 g/mol. The zero-order valence-electron chi connectivity index (χ0n) is 10.8. The molecule has 0 fully saturated rings. The van der Waals surface area contributed by atoms with Crippen LogP contribution in [0.15, 0.2) is 47.9 Å². The van der Waals surface area contributed by atoms with Gasteiger partial charge in [0.1, 0.15) is 0 Å². The Kier molecular flexibility index (Phi) is 3.09. The van der Waals surface area contributed by atoms with E-state index in [1.165, 1.54) is 0 Å². The second-order valence-corrected chi connectivity index (χ2v) is 5.55. The van der Waals surface area contributed by atoms with Gasteiger partial charge in [-0.15, -0.1) is 0 Å². The second kappa shape index (κ2) is 4.30. The maximum absolute atomic E-state index is 6.46. The fourth-order valence-corrected chi connectivity index (χ4v) is 2.53. The van der Waals surface area contributed by atoms with Gasteiger partial charge in [-0.1, -0.05) is 31.2 Å². The van der Waals surface area contributed by atoms with E-state index >= 15 is 0 Å². The van der Waals surface area contributed by atoms with Crippen molar-refractivity contribution in [3.63, 3.8) is 0 Å². The summed E-state index contributed by atoms with van der Waals surface area (Å²) >= 11 is 0. The number of nitrogens with two attached hydrogens (primary N) is 4. The van der Waals surface area contributed by atoms with Gasteiger partial charge in [-0.2, -0.15) is 0 Å². The van der Waals surface area contributed by atoms with Gasteiger partial charge in [0, 0.05) is 22.5 Å². The maximum atomic E-state index is 6.46. The standard InChI is InChI=1S/C14H22N4/c1-10-8-12(16)4-7-14(10,18)9-13(17)5-2-11(15)3-6-13/h2-5,7-8,10H,6,9,15-18H2,1H3. The highest BCUT2D eigenvalue weighted by atomic mass is 14.8. The van der Waals surface area contributed by atoms with Crippen LogP contribution >= 0.6 is 0 Å². The topological polar surface area (TPSA) is 104 Å². The quantitative estimate of drug-likeness (QED) is 0.573. The average molecular weight is 246 g/mol. The Morgan fingerprint density at radius 3 is 2.39 bits per heavy atom. The van der Waals surface area contributed by atoms with Crippen molar-refractivity contribution >= 4 is 0 Å². The van der Waals surface area contributed by atoms with Gasteiger partial charge in [-0.25, -0.2) is 0 Å². The molecule has 0 bridgehead atoms. The minimum Gasteiger partial charge on any atom is -0.399 e. The molecule has 0 amide bonds. The van der Waals surface area contributed by atoms with Crippen molar-refractivity contribution in [2.45, 2.75) is 30.8 Å². The molecule has 0 saturated carbocycles. The Labute approximate surface area is 108 Å². The molecule has 18 heavy (non-hydrogen) atoms. The van der Waals surface area contributed by atoms with Crippen molar-refractivity contribution in [1.82, 2.24) is 0 Å². The smallest absolute Gasteiger partial charge is 0.0425 e. The van der Waals surface area contributed by atoms with E-state index in [0.29, 0.717) is 12.8 Å².